The van der Waals surface area contributed by atoms with Crippen LogP contribution in [0.3, 0.4) is 0 Å². The lowest BCUT2D eigenvalue weighted by Gasteiger charge is -2.02. The van der Waals surface area contributed by atoms with Crippen LogP contribution in [0.5, 0.6) is 0 Å². The quantitative estimate of drug-likeness (QED) is 0.612. The number of fused-ring (bicyclic) bond motifs is 1. The summed E-state index contributed by atoms with van der Waals surface area (Å²) in [6.07, 6.45) is 3.61. The van der Waals surface area contributed by atoms with Gasteiger partial charge in [-0.1, -0.05) is 0 Å². The monoisotopic (exact) mass is 232 g/mol. The highest BCUT2D eigenvalue weighted by molar-refractivity contribution is 5.69. The SMILES string of the molecule is CC(N)c1ncc(-c2c[nH][n+]3c2NCC3)nn1. The molecule has 3 rings (SSSR count). The third-order valence-corrected chi connectivity index (χ3v) is 2.78. The topological polar surface area (TPSA) is 96.4 Å². The van der Waals surface area contributed by atoms with Crippen LogP contribution in [0.2, 0.25) is 0 Å². The van der Waals surface area contributed by atoms with Crippen molar-refractivity contribution in [3.63, 3.8) is 0 Å². The van der Waals surface area contributed by atoms with Gasteiger partial charge in [-0.05, 0) is 6.92 Å². The van der Waals surface area contributed by atoms with Crippen LogP contribution < -0.4 is 15.7 Å². The van der Waals surface area contributed by atoms with E-state index in [0.29, 0.717) is 5.82 Å². The van der Waals surface area contributed by atoms with Crippen molar-refractivity contribution in [2.75, 3.05) is 11.9 Å². The van der Waals surface area contributed by atoms with Gasteiger partial charge in [-0.2, -0.15) is 4.68 Å². The third kappa shape index (κ3) is 1.64. The zero-order valence-electron chi connectivity index (χ0n) is 9.51. The average Bonchev–Trinajstić information content (AvgIpc) is 2.90. The largest absolute Gasteiger partial charge is 0.321 e. The van der Waals surface area contributed by atoms with Crippen molar-refractivity contribution in [2.24, 2.45) is 5.73 Å². The molecule has 4 N–H and O–H groups in total. The van der Waals surface area contributed by atoms with Gasteiger partial charge in [0.25, 0.3) is 0 Å². The van der Waals surface area contributed by atoms with Crippen LogP contribution in [0.4, 0.5) is 5.82 Å². The van der Waals surface area contributed by atoms with Crippen LogP contribution in [0.15, 0.2) is 12.4 Å². The summed E-state index contributed by atoms with van der Waals surface area (Å²) < 4.78 is 2.04. The van der Waals surface area contributed by atoms with E-state index in [-0.39, 0.29) is 6.04 Å². The van der Waals surface area contributed by atoms with Crippen molar-refractivity contribution >= 4 is 5.82 Å². The number of nitrogens with zero attached hydrogens (tertiary/aromatic N) is 4. The molecule has 3 heterocycles. The summed E-state index contributed by atoms with van der Waals surface area (Å²) in [4.78, 5) is 4.21. The van der Waals surface area contributed by atoms with Gasteiger partial charge < -0.3 is 5.73 Å². The highest BCUT2D eigenvalue weighted by Gasteiger charge is 2.25. The van der Waals surface area contributed by atoms with Gasteiger partial charge in [-0.25, -0.2) is 10.1 Å². The van der Waals surface area contributed by atoms with Crippen LogP contribution in [-0.2, 0) is 6.54 Å². The molecule has 2 aromatic rings. The molecule has 0 saturated carbocycles. The Kier molecular flexibility index (Phi) is 2.25. The number of hydrogen-bond acceptors (Lipinski definition) is 5. The van der Waals surface area contributed by atoms with Crippen molar-refractivity contribution in [1.82, 2.24) is 20.3 Å². The lowest BCUT2D eigenvalue weighted by atomic mass is 10.2. The molecule has 0 fully saturated rings. The predicted molar refractivity (Wildman–Crippen MR) is 60.9 cm³/mol. The molecule has 0 radical (unpaired) electrons. The van der Waals surface area contributed by atoms with E-state index in [4.69, 9.17) is 5.73 Å². The van der Waals surface area contributed by atoms with Crippen LogP contribution >= 0.6 is 0 Å². The number of nitrogens with one attached hydrogen (secondary N) is 2. The lowest BCUT2D eigenvalue weighted by molar-refractivity contribution is -0.725. The second-order valence-electron chi connectivity index (χ2n) is 4.10. The summed E-state index contributed by atoms with van der Waals surface area (Å²) in [5.74, 6) is 1.59. The summed E-state index contributed by atoms with van der Waals surface area (Å²) in [6.45, 7) is 3.70. The molecule has 0 aliphatic carbocycles. The molecule has 2 aromatic heterocycles. The Hall–Kier alpha value is -2.02. The van der Waals surface area contributed by atoms with E-state index < -0.39 is 0 Å². The zero-order chi connectivity index (χ0) is 11.8. The molecule has 0 bridgehead atoms. The first-order valence-corrected chi connectivity index (χ1v) is 5.56. The summed E-state index contributed by atoms with van der Waals surface area (Å²) >= 11 is 0. The second-order valence-corrected chi connectivity index (χ2v) is 4.10. The average molecular weight is 232 g/mol. The van der Waals surface area contributed by atoms with Gasteiger partial charge in [0.1, 0.15) is 24.3 Å². The Morgan fingerprint density at radius 3 is 3.06 bits per heavy atom. The van der Waals surface area contributed by atoms with Crippen LogP contribution in [0, 0.1) is 0 Å². The highest BCUT2D eigenvalue weighted by Crippen LogP contribution is 2.23. The number of anilines is 1. The highest BCUT2D eigenvalue weighted by atomic mass is 15.4. The number of nitrogens with two attached hydrogens (primary N) is 1. The molecule has 0 amide bonds. The number of H-pyrrole nitrogens is 1. The normalized spacial score (nSPS) is 15.4. The lowest BCUT2D eigenvalue weighted by Crippen LogP contribution is -2.32. The molecule has 0 aromatic carbocycles. The van der Waals surface area contributed by atoms with Gasteiger partial charge >= 0.3 is 5.82 Å². The van der Waals surface area contributed by atoms with Gasteiger partial charge in [0.15, 0.2) is 5.82 Å². The van der Waals surface area contributed by atoms with Gasteiger partial charge in [0.2, 0.25) is 0 Å². The molecule has 88 valence electrons. The third-order valence-electron chi connectivity index (χ3n) is 2.78. The van der Waals surface area contributed by atoms with Gasteiger partial charge in [-0.15, -0.1) is 10.2 Å². The van der Waals surface area contributed by atoms with E-state index in [2.05, 4.69) is 25.6 Å². The molecule has 7 heteroatoms. The molecular formula is C10H14N7+. The first-order valence-electron chi connectivity index (χ1n) is 5.56. The number of aromatic nitrogens is 5. The van der Waals surface area contributed by atoms with E-state index in [1.165, 1.54) is 0 Å². The molecule has 7 nitrogen and oxygen atoms in total. The van der Waals surface area contributed by atoms with Crippen molar-refractivity contribution in [2.45, 2.75) is 19.5 Å². The van der Waals surface area contributed by atoms with Crippen molar-refractivity contribution in [3.8, 4) is 11.3 Å². The maximum absolute atomic E-state index is 5.69. The number of rotatable bonds is 2. The standard InChI is InChI=1S/C10H13N7/c1-6(11)9-13-5-8(15-16-9)7-4-14-17-3-2-12-10(7)17/h4-6H,2-3,11H2,1H3,(H,12,14,15)/p+1. The maximum Gasteiger partial charge on any atom is 0.304 e. The van der Waals surface area contributed by atoms with Crippen LogP contribution in [0.25, 0.3) is 11.3 Å². The van der Waals surface area contributed by atoms with E-state index in [1.54, 1.807) is 6.20 Å². The van der Waals surface area contributed by atoms with E-state index in [9.17, 15) is 0 Å². The van der Waals surface area contributed by atoms with Crippen molar-refractivity contribution < 1.29 is 4.68 Å². The molecule has 0 spiro atoms. The Labute approximate surface area is 98.1 Å². The Morgan fingerprint density at radius 1 is 1.47 bits per heavy atom. The summed E-state index contributed by atoms with van der Waals surface area (Å²) in [5, 5.41) is 14.6. The second kappa shape index (κ2) is 3.77. The minimum absolute atomic E-state index is 0.194. The summed E-state index contributed by atoms with van der Waals surface area (Å²) in [6, 6.07) is -0.194. The Balaban J connectivity index is 1.98. The van der Waals surface area contributed by atoms with Crippen LogP contribution in [0.1, 0.15) is 18.8 Å². The first-order chi connectivity index (χ1) is 8.25. The fraction of sp³-hybridized carbons (Fsp3) is 0.400. The molecule has 1 atom stereocenters. The fourth-order valence-corrected chi connectivity index (χ4v) is 1.89. The van der Waals surface area contributed by atoms with E-state index in [0.717, 1.165) is 30.2 Å². The molecule has 1 aliphatic heterocycles. The Morgan fingerprint density at radius 2 is 2.35 bits per heavy atom. The molecular weight excluding hydrogens is 218 g/mol. The fourth-order valence-electron chi connectivity index (χ4n) is 1.89. The maximum atomic E-state index is 5.69. The Bertz CT molecular complexity index is 528. The van der Waals surface area contributed by atoms with E-state index >= 15 is 0 Å². The van der Waals surface area contributed by atoms with Crippen LogP contribution in [-0.4, -0.2) is 26.8 Å². The smallest absolute Gasteiger partial charge is 0.304 e. The molecule has 1 aliphatic rings. The number of aromatic amines is 1. The van der Waals surface area contributed by atoms with E-state index in [1.807, 2.05) is 17.8 Å². The zero-order valence-corrected chi connectivity index (χ0v) is 9.51. The molecule has 17 heavy (non-hydrogen) atoms. The minimum atomic E-state index is -0.194. The minimum Gasteiger partial charge on any atom is -0.321 e. The van der Waals surface area contributed by atoms with Gasteiger partial charge in [0, 0.05) is 0 Å². The van der Waals surface area contributed by atoms with Crippen molar-refractivity contribution in [1.29, 1.82) is 0 Å². The molecule has 0 saturated heterocycles. The first kappa shape index (κ1) is 10.2. The predicted octanol–water partition coefficient (Wildman–Crippen LogP) is -0.401. The molecule has 1 unspecified atom stereocenters. The number of hydrogen-bond donors (Lipinski definition) is 3. The van der Waals surface area contributed by atoms with Gasteiger partial charge in [0.05, 0.1) is 18.4 Å². The van der Waals surface area contributed by atoms with Gasteiger partial charge in [-0.3, -0.25) is 5.32 Å². The summed E-state index contributed by atoms with van der Waals surface area (Å²) in [7, 11) is 0. The van der Waals surface area contributed by atoms with Crippen molar-refractivity contribution in [3.05, 3.63) is 18.2 Å². The summed E-state index contributed by atoms with van der Waals surface area (Å²) in [5.41, 5.74) is 7.41.